The number of rotatable bonds is 6. The third-order valence-corrected chi connectivity index (χ3v) is 6.07. The van der Waals surface area contributed by atoms with Crippen molar-refractivity contribution in [1.29, 1.82) is 0 Å². The Bertz CT molecular complexity index is 1140. The lowest BCUT2D eigenvalue weighted by molar-refractivity contribution is -0.136. The first-order valence-corrected chi connectivity index (χ1v) is 10.6. The average Bonchev–Trinajstić information content (AvgIpc) is 2.96. The summed E-state index contributed by atoms with van der Waals surface area (Å²) in [6.45, 7) is 6.37. The Labute approximate surface area is 183 Å². The zero-order valence-corrected chi connectivity index (χ0v) is 18.1. The van der Waals surface area contributed by atoms with Crippen LogP contribution in [0.4, 0.5) is 5.69 Å². The molecule has 0 fully saturated rings. The summed E-state index contributed by atoms with van der Waals surface area (Å²) in [5.41, 5.74) is 2.69. The second-order valence-corrected chi connectivity index (χ2v) is 8.58. The molecule has 1 amide bonds. The summed E-state index contributed by atoms with van der Waals surface area (Å²) < 4.78 is 0. The van der Waals surface area contributed by atoms with Gasteiger partial charge in [0, 0.05) is 11.1 Å². The number of nitrogens with zero attached hydrogens (tertiary/aromatic N) is 1. The van der Waals surface area contributed by atoms with Gasteiger partial charge in [0.15, 0.2) is 11.4 Å². The highest BCUT2D eigenvalue weighted by molar-refractivity contribution is 6.11. The van der Waals surface area contributed by atoms with Gasteiger partial charge in [-0.15, -0.1) is 0 Å². The number of aryl methyl sites for hydroxylation is 1. The fourth-order valence-electron chi connectivity index (χ4n) is 4.23. The van der Waals surface area contributed by atoms with E-state index in [9.17, 15) is 14.7 Å². The Hall–Kier alpha value is -3.24. The number of benzene rings is 3. The molecule has 4 heteroatoms. The number of para-hydroxylation sites is 1. The fourth-order valence-corrected chi connectivity index (χ4v) is 4.23. The van der Waals surface area contributed by atoms with E-state index >= 15 is 0 Å². The number of carbonyl (C=O) groups is 2. The molecule has 0 aliphatic carbocycles. The molecule has 0 bridgehead atoms. The van der Waals surface area contributed by atoms with Crippen LogP contribution in [-0.4, -0.2) is 16.8 Å². The average molecular weight is 414 g/mol. The topological polar surface area (TPSA) is 57.6 Å². The summed E-state index contributed by atoms with van der Waals surface area (Å²) in [6.07, 6.45) is -0.281. The van der Waals surface area contributed by atoms with Gasteiger partial charge >= 0.3 is 0 Å². The molecule has 158 valence electrons. The Morgan fingerprint density at radius 1 is 1.00 bits per heavy atom. The second-order valence-electron chi connectivity index (χ2n) is 8.58. The Morgan fingerprint density at radius 3 is 2.39 bits per heavy atom. The van der Waals surface area contributed by atoms with Gasteiger partial charge in [0.2, 0.25) is 0 Å². The van der Waals surface area contributed by atoms with E-state index in [4.69, 9.17) is 0 Å². The molecule has 1 atom stereocenters. The molecular weight excluding hydrogens is 386 g/mol. The predicted octanol–water partition coefficient (Wildman–Crippen LogP) is 5.13. The molecule has 31 heavy (non-hydrogen) atoms. The Morgan fingerprint density at radius 2 is 1.68 bits per heavy atom. The summed E-state index contributed by atoms with van der Waals surface area (Å²) in [5, 5.41) is 11.5. The molecule has 0 saturated heterocycles. The lowest BCUT2D eigenvalue weighted by Crippen LogP contribution is -2.41. The van der Waals surface area contributed by atoms with E-state index in [1.165, 1.54) is 0 Å². The third kappa shape index (κ3) is 3.79. The molecular formula is C27H27NO3. The van der Waals surface area contributed by atoms with Crippen molar-refractivity contribution in [2.45, 2.75) is 45.3 Å². The van der Waals surface area contributed by atoms with E-state index in [1.807, 2.05) is 67.6 Å². The predicted molar refractivity (Wildman–Crippen MR) is 122 cm³/mol. The fraction of sp³-hybridized carbons (Fsp3) is 0.259. The van der Waals surface area contributed by atoms with Gasteiger partial charge in [-0.25, -0.2) is 0 Å². The number of aliphatic hydroxyl groups is 1. The molecule has 3 aromatic carbocycles. The van der Waals surface area contributed by atoms with Crippen molar-refractivity contribution in [3.63, 3.8) is 0 Å². The van der Waals surface area contributed by atoms with Gasteiger partial charge in [-0.2, -0.15) is 0 Å². The van der Waals surface area contributed by atoms with E-state index in [1.54, 1.807) is 17.0 Å². The minimum Gasteiger partial charge on any atom is -0.375 e. The zero-order valence-electron chi connectivity index (χ0n) is 18.1. The normalized spacial score (nSPS) is 17.8. The first-order valence-electron chi connectivity index (χ1n) is 10.6. The number of hydrogen-bond acceptors (Lipinski definition) is 3. The SMILES string of the molecule is Cc1ccc(C(C)C)cc1C(=O)C[C@]1(O)C(=O)N(Cc2ccccc2)c2ccccc21. The molecule has 0 spiro atoms. The number of amides is 1. The van der Waals surface area contributed by atoms with Crippen LogP contribution in [0.1, 0.15) is 58.8 Å². The van der Waals surface area contributed by atoms with Gasteiger partial charge in [-0.3, -0.25) is 9.59 Å². The molecule has 1 heterocycles. The molecule has 0 radical (unpaired) electrons. The molecule has 4 rings (SSSR count). The maximum Gasteiger partial charge on any atom is 0.264 e. The molecule has 0 unspecified atom stereocenters. The van der Waals surface area contributed by atoms with Gasteiger partial charge < -0.3 is 10.0 Å². The van der Waals surface area contributed by atoms with Crippen molar-refractivity contribution in [3.05, 3.63) is 101 Å². The van der Waals surface area contributed by atoms with Gasteiger partial charge in [0.25, 0.3) is 5.91 Å². The number of Topliss-reactive ketones (excluding diaryl/α,β-unsaturated/α-hetero) is 1. The molecule has 3 aromatic rings. The first kappa shape index (κ1) is 21.0. The van der Waals surface area contributed by atoms with Crippen LogP contribution < -0.4 is 4.90 Å². The third-order valence-electron chi connectivity index (χ3n) is 6.07. The van der Waals surface area contributed by atoms with E-state index in [2.05, 4.69) is 13.8 Å². The molecule has 1 aliphatic heterocycles. The molecule has 4 nitrogen and oxygen atoms in total. The summed E-state index contributed by atoms with van der Waals surface area (Å²) in [5.74, 6) is -0.402. The highest BCUT2D eigenvalue weighted by Crippen LogP contribution is 2.43. The van der Waals surface area contributed by atoms with E-state index < -0.39 is 11.5 Å². The number of fused-ring (bicyclic) bond motifs is 1. The first-order chi connectivity index (χ1) is 14.8. The minimum absolute atomic E-state index is 0.229. The molecule has 0 aromatic heterocycles. The summed E-state index contributed by atoms with van der Waals surface area (Å²) in [7, 11) is 0. The highest BCUT2D eigenvalue weighted by atomic mass is 16.3. The van der Waals surface area contributed by atoms with E-state index in [-0.39, 0.29) is 18.1 Å². The lowest BCUT2D eigenvalue weighted by atomic mass is 9.86. The lowest BCUT2D eigenvalue weighted by Gasteiger charge is -2.23. The van der Waals surface area contributed by atoms with Crippen molar-refractivity contribution < 1.29 is 14.7 Å². The van der Waals surface area contributed by atoms with Crippen molar-refractivity contribution in [3.8, 4) is 0 Å². The van der Waals surface area contributed by atoms with Crippen LogP contribution in [-0.2, 0) is 16.9 Å². The monoisotopic (exact) mass is 413 g/mol. The standard InChI is InChI=1S/C27H27NO3/c1-18(2)21-14-13-19(3)22(15-21)25(29)16-27(31)23-11-7-8-12-24(23)28(26(27)30)17-20-9-5-4-6-10-20/h4-15,18,31H,16-17H2,1-3H3/t27-/m1/s1. The van der Waals surface area contributed by atoms with Gasteiger partial charge in [-0.05, 0) is 41.7 Å². The van der Waals surface area contributed by atoms with Crippen molar-refractivity contribution >= 4 is 17.4 Å². The van der Waals surface area contributed by atoms with Gasteiger partial charge in [-0.1, -0.05) is 74.5 Å². The van der Waals surface area contributed by atoms with Crippen LogP contribution in [0.25, 0.3) is 0 Å². The van der Waals surface area contributed by atoms with Crippen LogP contribution in [0.2, 0.25) is 0 Å². The maximum absolute atomic E-state index is 13.4. The number of hydrogen-bond donors (Lipinski definition) is 1. The number of ketones is 1. The van der Waals surface area contributed by atoms with Crippen LogP contribution in [0, 0.1) is 6.92 Å². The maximum atomic E-state index is 13.4. The van der Waals surface area contributed by atoms with E-state index in [0.717, 1.165) is 16.7 Å². The number of carbonyl (C=O) groups excluding carboxylic acids is 2. The summed E-state index contributed by atoms with van der Waals surface area (Å²) in [6, 6.07) is 22.7. The van der Waals surface area contributed by atoms with Crippen molar-refractivity contribution in [1.82, 2.24) is 0 Å². The van der Waals surface area contributed by atoms with Crippen LogP contribution >= 0.6 is 0 Å². The van der Waals surface area contributed by atoms with Crippen molar-refractivity contribution in [2.75, 3.05) is 4.90 Å². The van der Waals surface area contributed by atoms with Crippen LogP contribution in [0.5, 0.6) is 0 Å². The summed E-state index contributed by atoms with van der Waals surface area (Å²) in [4.78, 5) is 28.3. The smallest absolute Gasteiger partial charge is 0.264 e. The Kier molecular flexibility index (Phi) is 5.50. The molecule has 1 N–H and O–H groups in total. The largest absolute Gasteiger partial charge is 0.375 e. The van der Waals surface area contributed by atoms with Gasteiger partial charge in [0.1, 0.15) is 0 Å². The van der Waals surface area contributed by atoms with Crippen LogP contribution in [0.15, 0.2) is 72.8 Å². The number of anilines is 1. The Balaban J connectivity index is 1.69. The van der Waals surface area contributed by atoms with Crippen LogP contribution in [0.3, 0.4) is 0 Å². The zero-order chi connectivity index (χ0) is 22.2. The van der Waals surface area contributed by atoms with Crippen molar-refractivity contribution in [2.24, 2.45) is 0 Å². The summed E-state index contributed by atoms with van der Waals surface area (Å²) >= 11 is 0. The highest BCUT2D eigenvalue weighted by Gasteiger charge is 2.50. The molecule has 0 saturated carbocycles. The van der Waals surface area contributed by atoms with Gasteiger partial charge in [0.05, 0.1) is 18.7 Å². The molecule has 1 aliphatic rings. The van der Waals surface area contributed by atoms with E-state index in [0.29, 0.717) is 23.4 Å². The minimum atomic E-state index is -1.87. The second kappa shape index (κ2) is 8.12. The quantitative estimate of drug-likeness (QED) is 0.570.